The van der Waals surface area contributed by atoms with Crippen LogP contribution in [0.5, 0.6) is 0 Å². The van der Waals surface area contributed by atoms with Crippen molar-refractivity contribution in [2.45, 2.75) is 19.3 Å². The van der Waals surface area contributed by atoms with Gasteiger partial charge in [0.15, 0.2) is 5.96 Å². The number of nitrogens with zero attached hydrogens (tertiary/aromatic N) is 2. The second kappa shape index (κ2) is 10.8. The van der Waals surface area contributed by atoms with E-state index in [1.54, 1.807) is 7.05 Å². The zero-order chi connectivity index (χ0) is 22.2. The second-order valence-corrected chi connectivity index (χ2v) is 8.41. The molecule has 0 saturated carbocycles. The third kappa shape index (κ3) is 5.67. The SMILES string of the molecule is CN=C(NCCc1cccc2ccccc12)NCC1CC(=O)N(CCc2ccccc2)C1. The fourth-order valence-electron chi connectivity index (χ4n) is 4.40. The fraction of sp³-hybridized carbons (Fsp3) is 0.333. The highest BCUT2D eigenvalue weighted by Crippen LogP contribution is 2.19. The lowest BCUT2D eigenvalue weighted by Crippen LogP contribution is -2.41. The summed E-state index contributed by atoms with van der Waals surface area (Å²) in [5.41, 5.74) is 2.61. The Morgan fingerprint density at radius 2 is 1.75 bits per heavy atom. The first kappa shape index (κ1) is 21.9. The number of rotatable bonds is 8. The summed E-state index contributed by atoms with van der Waals surface area (Å²) >= 11 is 0. The molecule has 1 fully saturated rings. The maximum absolute atomic E-state index is 12.4. The Balaban J connectivity index is 1.21. The molecule has 1 saturated heterocycles. The van der Waals surface area contributed by atoms with E-state index in [4.69, 9.17) is 0 Å². The normalized spacial score (nSPS) is 16.5. The van der Waals surface area contributed by atoms with E-state index < -0.39 is 0 Å². The Labute approximate surface area is 190 Å². The number of aliphatic imine (C=N–C) groups is 1. The summed E-state index contributed by atoms with van der Waals surface area (Å²) in [6.45, 7) is 3.16. The Kier molecular flexibility index (Phi) is 7.38. The van der Waals surface area contributed by atoms with Crippen molar-refractivity contribution in [3.8, 4) is 0 Å². The van der Waals surface area contributed by atoms with Crippen LogP contribution in [0.4, 0.5) is 0 Å². The van der Waals surface area contributed by atoms with Crippen LogP contribution in [-0.4, -0.2) is 50.0 Å². The van der Waals surface area contributed by atoms with E-state index in [0.29, 0.717) is 12.3 Å². The number of benzene rings is 3. The van der Waals surface area contributed by atoms with Crippen molar-refractivity contribution in [1.29, 1.82) is 0 Å². The van der Waals surface area contributed by atoms with Gasteiger partial charge in [-0.15, -0.1) is 0 Å². The van der Waals surface area contributed by atoms with Gasteiger partial charge in [-0.25, -0.2) is 0 Å². The molecule has 1 aliphatic heterocycles. The number of likely N-dealkylation sites (tertiary alicyclic amines) is 1. The number of hydrogen-bond donors (Lipinski definition) is 2. The molecule has 4 rings (SSSR count). The van der Waals surface area contributed by atoms with E-state index in [-0.39, 0.29) is 5.91 Å². The van der Waals surface area contributed by atoms with Gasteiger partial charge in [0.25, 0.3) is 0 Å². The molecule has 5 heteroatoms. The van der Waals surface area contributed by atoms with Crippen LogP contribution in [0.25, 0.3) is 10.8 Å². The third-order valence-corrected chi connectivity index (χ3v) is 6.16. The first-order chi connectivity index (χ1) is 15.7. The highest BCUT2D eigenvalue weighted by atomic mass is 16.2. The molecule has 3 aromatic carbocycles. The molecule has 32 heavy (non-hydrogen) atoms. The molecule has 0 aromatic heterocycles. The van der Waals surface area contributed by atoms with Gasteiger partial charge in [-0.3, -0.25) is 9.79 Å². The lowest BCUT2D eigenvalue weighted by Gasteiger charge is -2.18. The molecule has 0 bridgehead atoms. The molecule has 1 amide bonds. The first-order valence-corrected chi connectivity index (χ1v) is 11.5. The van der Waals surface area contributed by atoms with Crippen LogP contribution in [0.2, 0.25) is 0 Å². The maximum Gasteiger partial charge on any atom is 0.223 e. The highest BCUT2D eigenvalue weighted by molar-refractivity contribution is 5.86. The van der Waals surface area contributed by atoms with E-state index >= 15 is 0 Å². The monoisotopic (exact) mass is 428 g/mol. The number of carbonyl (C=O) groups is 1. The van der Waals surface area contributed by atoms with Gasteiger partial charge < -0.3 is 15.5 Å². The summed E-state index contributed by atoms with van der Waals surface area (Å²) in [4.78, 5) is 18.8. The second-order valence-electron chi connectivity index (χ2n) is 8.41. The number of fused-ring (bicyclic) bond motifs is 1. The minimum atomic E-state index is 0.256. The topological polar surface area (TPSA) is 56.7 Å². The minimum Gasteiger partial charge on any atom is -0.356 e. The predicted molar refractivity (Wildman–Crippen MR) is 132 cm³/mol. The van der Waals surface area contributed by atoms with E-state index in [9.17, 15) is 4.79 Å². The Morgan fingerprint density at radius 3 is 2.59 bits per heavy atom. The number of hydrogen-bond acceptors (Lipinski definition) is 2. The van der Waals surface area contributed by atoms with E-state index in [1.165, 1.54) is 21.9 Å². The molecule has 0 radical (unpaired) electrons. The van der Waals surface area contributed by atoms with Gasteiger partial charge >= 0.3 is 0 Å². The smallest absolute Gasteiger partial charge is 0.223 e. The molecule has 1 unspecified atom stereocenters. The number of nitrogens with one attached hydrogen (secondary N) is 2. The molecule has 2 N–H and O–H groups in total. The summed E-state index contributed by atoms with van der Waals surface area (Å²) in [6, 6.07) is 25.3. The average molecular weight is 429 g/mol. The van der Waals surface area contributed by atoms with Gasteiger partial charge in [0.2, 0.25) is 5.91 Å². The zero-order valence-electron chi connectivity index (χ0n) is 18.8. The molecular formula is C27H32N4O. The zero-order valence-corrected chi connectivity index (χ0v) is 18.8. The van der Waals surface area contributed by atoms with Crippen LogP contribution in [-0.2, 0) is 17.6 Å². The van der Waals surface area contributed by atoms with Crippen LogP contribution < -0.4 is 10.6 Å². The highest BCUT2D eigenvalue weighted by Gasteiger charge is 2.29. The largest absolute Gasteiger partial charge is 0.356 e. The number of amides is 1. The van der Waals surface area contributed by atoms with Gasteiger partial charge in [-0.1, -0.05) is 72.8 Å². The molecule has 5 nitrogen and oxygen atoms in total. The first-order valence-electron chi connectivity index (χ1n) is 11.5. The third-order valence-electron chi connectivity index (χ3n) is 6.16. The molecule has 166 valence electrons. The fourth-order valence-corrected chi connectivity index (χ4v) is 4.40. The van der Waals surface area contributed by atoms with Crippen molar-refractivity contribution in [2.75, 3.05) is 33.2 Å². The number of guanidine groups is 1. The van der Waals surface area contributed by atoms with Crippen molar-refractivity contribution < 1.29 is 4.79 Å². The Bertz CT molecular complexity index is 1060. The Hall–Kier alpha value is -3.34. The molecule has 0 spiro atoms. The lowest BCUT2D eigenvalue weighted by atomic mass is 10.0. The van der Waals surface area contributed by atoms with Gasteiger partial charge in [0.05, 0.1) is 0 Å². The Morgan fingerprint density at radius 1 is 0.969 bits per heavy atom. The number of carbonyl (C=O) groups excluding carboxylic acids is 1. The molecule has 1 heterocycles. The molecule has 0 aliphatic carbocycles. The summed E-state index contributed by atoms with van der Waals surface area (Å²) < 4.78 is 0. The van der Waals surface area contributed by atoms with Crippen molar-refractivity contribution in [3.63, 3.8) is 0 Å². The van der Waals surface area contributed by atoms with E-state index in [1.807, 2.05) is 23.1 Å². The van der Waals surface area contributed by atoms with Crippen molar-refractivity contribution in [1.82, 2.24) is 15.5 Å². The van der Waals surface area contributed by atoms with Crippen LogP contribution in [0.3, 0.4) is 0 Å². The van der Waals surface area contributed by atoms with Gasteiger partial charge in [-0.2, -0.15) is 0 Å². The summed E-state index contributed by atoms with van der Waals surface area (Å²) in [6.07, 6.45) is 2.44. The molecular weight excluding hydrogens is 396 g/mol. The van der Waals surface area contributed by atoms with Crippen molar-refractivity contribution in [3.05, 3.63) is 83.9 Å². The molecule has 3 aromatic rings. The standard InChI is InChI=1S/C27H32N4O/c1-28-27(29-16-14-24-12-7-11-23-10-5-6-13-25(23)24)30-19-22-18-26(32)31(20-22)17-15-21-8-3-2-4-9-21/h2-13,22H,14-20H2,1H3,(H2,28,29,30). The molecule has 1 aliphatic rings. The maximum atomic E-state index is 12.4. The predicted octanol–water partition coefficient (Wildman–Crippen LogP) is 3.64. The van der Waals surface area contributed by atoms with Gasteiger partial charge in [0, 0.05) is 45.6 Å². The van der Waals surface area contributed by atoms with Crippen molar-refractivity contribution in [2.24, 2.45) is 10.9 Å². The van der Waals surface area contributed by atoms with Crippen molar-refractivity contribution >= 4 is 22.6 Å². The lowest BCUT2D eigenvalue weighted by molar-refractivity contribution is -0.127. The van der Waals surface area contributed by atoms with E-state index in [2.05, 4.69) is 70.2 Å². The van der Waals surface area contributed by atoms with Crippen LogP contribution in [0.1, 0.15) is 17.5 Å². The van der Waals surface area contributed by atoms with Gasteiger partial charge in [0.1, 0.15) is 0 Å². The quantitative estimate of drug-likeness (QED) is 0.425. The molecule has 1 atom stereocenters. The van der Waals surface area contributed by atoms with E-state index in [0.717, 1.165) is 45.0 Å². The summed E-state index contributed by atoms with van der Waals surface area (Å²) in [7, 11) is 1.79. The van der Waals surface area contributed by atoms with Gasteiger partial charge in [-0.05, 0) is 34.7 Å². The summed E-state index contributed by atoms with van der Waals surface area (Å²) in [5.74, 6) is 1.36. The van der Waals surface area contributed by atoms with Crippen LogP contribution >= 0.6 is 0 Å². The average Bonchev–Trinajstić information content (AvgIpc) is 3.20. The van der Waals surface area contributed by atoms with Crippen LogP contribution in [0, 0.1) is 5.92 Å². The minimum absolute atomic E-state index is 0.256. The van der Waals surface area contributed by atoms with Crippen LogP contribution in [0.15, 0.2) is 77.8 Å². The summed E-state index contributed by atoms with van der Waals surface area (Å²) in [5, 5.41) is 9.40.